The summed E-state index contributed by atoms with van der Waals surface area (Å²) < 4.78 is 21.5. The Hall–Kier alpha value is -1.30. The molecule has 0 amide bonds. The number of hydrogen-bond donors (Lipinski definition) is 1. The van der Waals surface area contributed by atoms with Crippen molar-refractivity contribution in [3.8, 4) is 11.5 Å². The van der Waals surface area contributed by atoms with Crippen LogP contribution in [0.2, 0.25) is 0 Å². The third kappa shape index (κ3) is 4.37. The Bertz CT molecular complexity index is 393. The molecule has 0 spiro atoms. The smallest absolute Gasteiger partial charge is 0.171 e. The molecular formula is C15H25NO4. The van der Waals surface area contributed by atoms with Crippen LogP contribution in [0.15, 0.2) is 18.2 Å². The second kappa shape index (κ2) is 8.79. The lowest BCUT2D eigenvalue weighted by atomic mass is 10.1. The Morgan fingerprint density at radius 3 is 2.40 bits per heavy atom. The molecule has 0 aliphatic rings. The first-order valence-electron chi connectivity index (χ1n) is 6.75. The van der Waals surface area contributed by atoms with Gasteiger partial charge in [-0.3, -0.25) is 0 Å². The minimum atomic E-state index is -0.281. The van der Waals surface area contributed by atoms with Crippen LogP contribution in [0.1, 0.15) is 19.4 Å². The number of nitrogens with one attached hydrogen (secondary N) is 1. The molecule has 0 fully saturated rings. The van der Waals surface area contributed by atoms with Gasteiger partial charge in [-0.05, 0) is 19.9 Å². The quantitative estimate of drug-likeness (QED) is 0.704. The molecule has 1 aromatic carbocycles. The van der Waals surface area contributed by atoms with E-state index in [4.69, 9.17) is 18.9 Å². The second-order valence-corrected chi connectivity index (χ2v) is 4.39. The molecule has 1 atom stereocenters. The molecule has 5 nitrogen and oxygen atoms in total. The van der Waals surface area contributed by atoms with E-state index in [1.165, 1.54) is 0 Å². The van der Waals surface area contributed by atoms with Crippen molar-refractivity contribution in [3.63, 3.8) is 0 Å². The van der Waals surface area contributed by atoms with Gasteiger partial charge in [0, 0.05) is 26.3 Å². The zero-order chi connectivity index (χ0) is 15.0. The molecule has 20 heavy (non-hydrogen) atoms. The van der Waals surface area contributed by atoms with E-state index in [9.17, 15) is 0 Å². The molecular weight excluding hydrogens is 258 g/mol. The molecule has 0 aliphatic heterocycles. The molecule has 1 aromatic rings. The maximum atomic E-state index is 5.56. The Kier molecular flexibility index (Phi) is 7.36. The first-order valence-corrected chi connectivity index (χ1v) is 6.75. The Morgan fingerprint density at radius 2 is 1.85 bits per heavy atom. The van der Waals surface area contributed by atoms with Gasteiger partial charge in [-0.1, -0.05) is 12.1 Å². The summed E-state index contributed by atoms with van der Waals surface area (Å²) in [5.74, 6) is 1.53. The Labute approximate surface area is 121 Å². The molecule has 114 valence electrons. The van der Waals surface area contributed by atoms with Crippen LogP contribution in [-0.2, 0) is 16.0 Å². The average molecular weight is 283 g/mol. The third-order valence-electron chi connectivity index (χ3n) is 3.05. The molecule has 0 aliphatic carbocycles. The summed E-state index contributed by atoms with van der Waals surface area (Å²) in [5.41, 5.74) is 1.04. The minimum absolute atomic E-state index is 0.0606. The summed E-state index contributed by atoms with van der Waals surface area (Å²) in [6, 6.07) is 5.93. The number of para-hydroxylation sites is 1. The number of hydrogen-bond acceptors (Lipinski definition) is 5. The van der Waals surface area contributed by atoms with Crippen molar-refractivity contribution in [2.75, 3.05) is 27.9 Å². The normalized spacial score (nSPS) is 12.5. The lowest BCUT2D eigenvalue weighted by Gasteiger charge is -2.23. The van der Waals surface area contributed by atoms with E-state index in [1.807, 2.05) is 32.0 Å². The van der Waals surface area contributed by atoms with Crippen LogP contribution in [0, 0.1) is 0 Å². The third-order valence-corrected chi connectivity index (χ3v) is 3.05. The van der Waals surface area contributed by atoms with Gasteiger partial charge < -0.3 is 24.3 Å². The fourth-order valence-corrected chi connectivity index (χ4v) is 2.07. The number of methoxy groups -OCH3 is 3. The van der Waals surface area contributed by atoms with Crippen LogP contribution in [0.5, 0.6) is 11.5 Å². The summed E-state index contributed by atoms with van der Waals surface area (Å²) >= 11 is 0. The van der Waals surface area contributed by atoms with Gasteiger partial charge in [-0.15, -0.1) is 0 Å². The molecule has 1 rings (SSSR count). The zero-order valence-corrected chi connectivity index (χ0v) is 12.9. The van der Waals surface area contributed by atoms with E-state index in [1.54, 1.807) is 21.3 Å². The average Bonchev–Trinajstić information content (AvgIpc) is 2.46. The van der Waals surface area contributed by atoms with Crippen molar-refractivity contribution in [2.24, 2.45) is 0 Å². The molecule has 0 aromatic heterocycles. The van der Waals surface area contributed by atoms with Crippen LogP contribution < -0.4 is 14.8 Å². The summed E-state index contributed by atoms with van der Waals surface area (Å²) in [7, 11) is 4.91. The fourth-order valence-electron chi connectivity index (χ4n) is 2.07. The molecule has 0 saturated carbocycles. The molecule has 5 heteroatoms. The van der Waals surface area contributed by atoms with Gasteiger partial charge in [0.25, 0.3) is 0 Å². The summed E-state index contributed by atoms with van der Waals surface area (Å²) in [6.45, 7) is 5.22. The highest BCUT2D eigenvalue weighted by atomic mass is 16.7. The van der Waals surface area contributed by atoms with Crippen molar-refractivity contribution < 1.29 is 18.9 Å². The predicted octanol–water partition coefficient (Wildman–Crippen LogP) is 2.19. The number of rotatable bonds is 9. The van der Waals surface area contributed by atoms with Crippen LogP contribution in [0.25, 0.3) is 0 Å². The van der Waals surface area contributed by atoms with Gasteiger partial charge in [0.15, 0.2) is 17.8 Å². The monoisotopic (exact) mass is 283 g/mol. The molecule has 0 radical (unpaired) electrons. The van der Waals surface area contributed by atoms with Crippen LogP contribution >= 0.6 is 0 Å². The van der Waals surface area contributed by atoms with Gasteiger partial charge in [0.2, 0.25) is 0 Å². The largest absolute Gasteiger partial charge is 0.493 e. The predicted molar refractivity (Wildman–Crippen MR) is 78.3 cm³/mol. The van der Waals surface area contributed by atoms with Crippen molar-refractivity contribution in [1.29, 1.82) is 0 Å². The van der Waals surface area contributed by atoms with E-state index < -0.39 is 0 Å². The topological polar surface area (TPSA) is 49.0 Å². The molecule has 1 N–H and O–H groups in total. The lowest BCUT2D eigenvalue weighted by molar-refractivity contribution is -0.119. The molecule has 1 unspecified atom stereocenters. The van der Waals surface area contributed by atoms with E-state index in [2.05, 4.69) is 5.32 Å². The highest BCUT2D eigenvalue weighted by molar-refractivity contribution is 5.46. The zero-order valence-electron chi connectivity index (χ0n) is 12.9. The fraction of sp³-hybridized carbons (Fsp3) is 0.600. The highest BCUT2D eigenvalue weighted by Crippen LogP contribution is 2.31. The Balaban J connectivity index is 2.74. The molecule has 0 saturated heterocycles. The van der Waals surface area contributed by atoms with Gasteiger partial charge >= 0.3 is 0 Å². The SMILES string of the molecule is CCOc1cccc(CNC(C)C(OC)OC)c1OC. The summed E-state index contributed by atoms with van der Waals surface area (Å²) in [6.07, 6.45) is -0.281. The standard InChI is InChI=1S/C15H25NO4/c1-6-20-13-9-7-8-12(14(13)17-3)10-16-11(2)15(18-4)19-5/h7-9,11,15-16H,6,10H2,1-5H3. The first kappa shape index (κ1) is 16.8. The first-order chi connectivity index (χ1) is 9.67. The van der Waals surface area contributed by atoms with Gasteiger partial charge in [-0.25, -0.2) is 0 Å². The maximum Gasteiger partial charge on any atom is 0.171 e. The van der Waals surface area contributed by atoms with E-state index >= 15 is 0 Å². The summed E-state index contributed by atoms with van der Waals surface area (Å²) in [4.78, 5) is 0. The molecule has 0 bridgehead atoms. The lowest BCUT2D eigenvalue weighted by Crippen LogP contribution is -2.39. The number of ether oxygens (including phenoxy) is 4. The second-order valence-electron chi connectivity index (χ2n) is 4.39. The summed E-state index contributed by atoms with van der Waals surface area (Å²) in [5, 5.41) is 3.36. The van der Waals surface area contributed by atoms with Crippen LogP contribution in [0.3, 0.4) is 0 Å². The van der Waals surface area contributed by atoms with Crippen molar-refractivity contribution in [1.82, 2.24) is 5.32 Å². The van der Waals surface area contributed by atoms with Crippen molar-refractivity contribution >= 4 is 0 Å². The van der Waals surface area contributed by atoms with Crippen molar-refractivity contribution in [2.45, 2.75) is 32.7 Å². The van der Waals surface area contributed by atoms with E-state index in [0.717, 1.165) is 17.1 Å². The maximum absolute atomic E-state index is 5.56. The minimum Gasteiger partial charge on any atom is -0.493 e. The van der Waals surface area contributed by atoms with E-state index in [0.29, 0.717) is 13.2 Å². The van der Waals surface area contributed by atoms with Crippen molar-refractivity contribution in [3.05, 3.63) is 23.8 Å². The Morgan fingerprint density at radius 1 is 1.15 bits per heavy atom. The molecule has 0 heterocycles. The van der Waals surface area contributed by atoms with Gasteiger partial charge in [0.1, 0.15) is 0 Å². The highest BCUT2D eigenvalue weighted by Gasteiger charge is 2.16. The van der Waals surface area contributed by atoms with E-state index in [-0.39, 0.29) is 12.3 Å². The number of benzene rings is 1. The van der Waals surface area contributed by atoms with Crippen LogP contribution in [0.4, 0.5) is 0 Å². The van der Waals surface area contributed by atoms with Gasteiger partial charge in [0.05, 0.1) is 19.8 Å². The van der Waals surface area contributed by atoms with Crippen LogP contribution in [-0.4, -0.2) is 40.3 Å². The van der Waals surface area contributed by atoms with Gasteiger partial charge in [-0.2, -0.15) is 0 Å².